The standard InChI is InChI=1S/C9H14N4O3/c1-9(2,3)16-8(15)13-12-6-4-5-10-7(14)11-6/h4-5H,1-3H3,(H,13,15)(H2,10,11,12,14). The van der Waals surface area contributed by atoms with Gasteiger partial charge in [0.15, 0.2) is 0 Å². The van der Waals surface area contributed by atoms with Gasteiger partial charge in [-0.25, -0.2) is 20.0 Å². The van der Waals surface area contributed by atoms with Crippen LogP contribution in [0.1, 0.15) is 20.8 Å². The van der Waals surface area contributed by atoms with Gasteiger partial charge in [0.1, 0.15) is 11.4 Å². The Morgan fingerprint density at radius 3 is 2.75 bits per heavy atom. The van der Waals surface area contributed by atoms with Crippen molar-refractivity contribution < 1.29 is 9.53 Å². The summed E-state index contributed by atoms with van der Waals surface area (Å²) in [5, 5.41) is 0. The summed E-state index contributed by atoms with van der Waals surface area (Å²) in [5.74, 6) is 0.325. The summed E-state index contributed by atoms with van der Waals surface area (Å²) in [6.07, 6.45) is 0.683. The summed E-state index contributed by atoms with van der Waals surface area (Å²) < 4.78 is 4.97. The van der Waals surface area contributed by atoms with Crippen molar-refractivity contribution >= 4 is 11.9 Å². The highest BCUT2D eigenvalue weighted by Gasteiger charge is 2.15. The van der Waals surface area contributed by atoms with Gasteiger partial charge in [-0.05, 0) is 26.8 Å². The van der Waals surface area contributed by atoms with Crippen molar-refractivity contribution in [2.24, 2.45) is 0 Å². The van der Waals surface area contributed by atoms with E-state index in [0.717, 1.165) is 0 Å². The Hall–Kier alpha value is -2.05. The molecule has 1 rings (SSSR count). The van der Waals surface area contributed by atoms with Gasteiger partial charge in [-0.1, -0.05) is 0 Å². The van der Waals surface area contributed by atoms with Gasteiger partial charge in [0.05, 0.1) is 0 Å². The Kier molecular flexibility index (Phi) is 3.49. The van der Waals surface area contributed by atoms with Crippen molar-refractivity contribution in [1.29, 1.82) is 0 Å². The molecule has 7 heteroatoms. The van der Waals surface area contributed by atoms with Gasteiger partial charge in [0.25, 0.3) is 0 Å². The van der Waals surface area contributed by atoms with Crippen molar-refractivity contribution in [3.05, 3.63) is 22.7 Å². The third kappa shape index (κ3) is 4.45. The summed E-state index contributed by atoms with van der Waals surface area (Å²) in [7, 11) is 0. The second-order valence-electron chi connectivity index (χ2n) is 4.04. The Bertz CT molecular complexity index is 421. The average Bonchev–Trinajstić information content (AvgIpc) is 2.12. The number of hydrogen-bond acceptors (Lipinski definition) is 5. The lowest BCUT2D eigenvalue weighted by Crippen LogP contribution is -2.36. The molecule has 0 aliphatic heterocycles. The maximum atomic E-state index is 11.2. The van der Waals surface area contributed by atoms with Crippen molar-refractivity contribution in [2.75, 3.05) is 5.43 Å². The molecule has 0 aliphatic carbocycles. The first kappa shape index (κ1) is 12.0. The molecule has 88 valence electrons. The van der Waals surface area contributed by atoms with Gasteiger partial charge >= 0.3 is 11.8 Å². The van der Waals surface area contributed by atoms with Crippen molar-refractivity contribution in [3.63, 3.8) is 0 Å². The maximum Gasteiger partial charge on any atom is 0.426 e. The number of anilines is 1. The van der Waals surface area contributed by atoms with E-state index in [1.54, 1.807) is 20.8 Å². The smallest absolute Gasteiger partial charge is 0.426 e. The topological polar surface area (TPSA) is 96.1 Å². The third-order valence-corrected chi connectivity index (χ3v) is 1.37. The van der Waals surface area contributed by atoms with Crippen LogP contribution in [-0.4, -0.2) is 21.7 Å². The van der Waals surface area contributed by atoms with E-state index in [9.17, 15) is 9.59 Å². The average molecular weight is 226 g/mol. The van der Waals surface area contributed by atoms with Crippen LogP contribution in [0.3, 0.4) is 0 Å². The number of hydrogen-bond donors (Lipinski definition) is 3. The van der Waals surface area contributed by atoms with E-state index in [4.69, 9.17) is 4.74 Å². The number of nitrogens with zero attached hydrogens (tertiary/aromatic N) is 1. The number of nitrogens with one attached hydrogen (secondary N) is 3. The van der Waals surface area contributed by atoms with E-state index >= 15 is 0 Å². The molecule has 0 aliphatic rings. The summed E-state index contributed by atoms with van der Waals surface area (Å²) >= 11 is 0. The maximum absolute atomic E-state index is 11.2. The highest BCUT2D eigenvalue weighted by molar-refractivity contribution is 5.69. The number of carbonyl (C=O) groups excluding carboxylic acids is 1. The van der Waals surface area contributed by atoms with E-state index in [0.29, 0.717) is 5.82 Å². The lowest BCUT2D eigenvalue weighted by Gasteiger charge is -2.19. The number of amides is 1. The van der Waals surface area contributed by atoms with Gasteiger partial charge < -0.3 is 4.74 Å². The van der Waals surface area contributed by atoms with Gasteiger partial charge in [0, 0.05) is 6.20 Å². The molecule has 3 N–H and O–H groups in total. The van der Waals surface area contributed by atoms with Gasteiger partial charge in [-0.2, -0.15) is 0 Å². The predicted molar refractivity (Wildman–Crippen MR) is 57.9 cm³/mol. The Morgan fingerprint density at radius 2 is 2.19 bits per heavy atom. The third-order valence-electron chi connectivity index (χ3n) is 1.37. The minimum absolute atomic E-state index is 0.325. The van der Waals surface area contributed by atoms with E-state index in [-0.39, 0.29) is 0 Å². The van der Waals surface area contributed by atoms with Gasteiger partial charge in [-0.3, -0.25) is 10.4 Å². The molecule has 0 fully saturated rings. The molecular formula is C9H14N4O3. The quantitative estimate of drug-likeness (QED) is 0.642. The fourth-order valence-electron chi connectivity index (χ4n) is 0.864. The number of H-pyrrole nitrogens is 1. The summed E-state index contributed by atoms with van der Waals surface area (Å²) in [4.78, 5) is 27.8. The first-order valence-electron chi connectivity index (χ1n) is 4.67. The molecular weight excluding hydrogens is 212 g/mol. The molecule has 0 atom stereocenters. The summed E-state index contributed by atoms with van der Waals surface area (Å²) in [6.45, 7) is 5.25. The lowest BCUT2D eigenvalue weighted by atomic mass is 10.2. The molecule has 1 aromatic rings. The van der Waals surface area contributed by atoms with Crippen LogP contribution in [0.2, 0.25) is 0 Å². The van der Waals surface area contributed by atoms with Crippen LogP contribution in [0.25, 0.3) is 0 Å². The van der Waals surface area contributed by atoms with E-state index in [2.05, 4.69) is 20.8 Å². The van der Waals surface area contributed by atoms with Crippen molar-refractivity contribution in [3.8, 4) is 0 Å². The molecule has 0 saturated heterocycles. The lowest BCUT2D eigenvalue weighted by molar-refractivity contribution is 0.0541. The van der Waals surface area contributed by atoms with Crippen LogP contribution in [0, 0.1) is 0 Å². The van der Waals surface area contributed by atoms with Crippen molar-refractivity contribution in [1.82, 2.24) is 15.4 Å². The summed E-state index contributed by atoms with van der Waals surface area (Å²) in [5.41, 5.74) is 3.69. The van der Waals surface area contributed by atoms with E-state index in [1.807, 2.05) is 0 Å². The normalized spacial score (nSPS) is 10.7. The highest BCUT2D eigenvalue weighted by atomic mass is 16.6. The SMILES string of the molecule is CC(C)(C)OC(=O)NNc1ccnc(=O)[nH]1. The molecule has 0 saturated carbocycles. The molecule has 16 heavy (non-hydrogen) atoms. The predicted octanol–water partition coefficient (Wildman–Crippen LogP) is 0.621. The Morgan fingerprint density at radius 1 is 1.50 bits per heavy atom. The zero-order valence-electron chi connectivity index (χ0n) is 9.33. The minimum atomic E-state index is -0.634. The second-order valence-corrected chi connectivity index (χ2v) is 4.04. The molecule has 0 radical (unpaired) electrons. The van der Waals surface area contributed by atoms with Crippen LogP contribution in [-0.2, 0) is 4.74 Å². The fourth-order valence-corrected chi connectivity index (χ4v) is 0.864. The molecule has 1 amide bonds. The molecule has 0 aromatic carbocycles. The molecule has 0 spiro atoms. The Labute approximate surface area is 92.2 Å². The molecule has 0 bridgehead atoms. The molecule has 7 nitrogen and oxygen atoms in total. The van der Waals surface area contributed by atoms with Crippen molar-refractivity contribution in [2.45, 2.75) is 26.4 Å². The largest absolute Gasteiger partial charge is 0.443 e. The van der Waals surface area contributed by atoms with Crippen LogP contribution >= 0.6 is 0 Å². The number of aromatic amines is 1. The fraction of sp³-hybridized carbons (Fsp3) is 0.444. The number of ether oxygens (including phenoxy) is 1. The highest BCUT2D eigenvalue weighted by Crippen LogP contribution is 2.06. The van der Waals surface area contributed by atoms with Gasteiger partial charge in [0.2, 0.25) is 0 Å². The minimum Gasteiger partial charge on any atom is -0.443 e. The van der Waals surface area contributed by atoms with Gasteiger partial charge in [-0.15, -0.1) is 0 Å². The van der Waals surface area contributed by atoms with Crippen LogP contribution < -0.4 is 16.5 Å². The molecule has 0 unspecified atom stereocenters. The van der Waals surface area contributed by atoms with E-state index in [1.165, 1.54) is 12.3 Å². The zero-order valence-corrected chi connectivity index (χ0v) is 9.33. The van der Waals surface area contributed by atoms with Crippen LogP contribution in [0.5, 0.6) is 0 Å². The molecule has 1 heterocycles. The first-order valence-corrected chi connectivity index (χ1v) is 4.67. The Balaban J connectivity index is 2.46. The molecule has 1 aromatic heterocycles. The summed E-state index contributed by atoms with van der Waals surface area (Å²) in [6, 6.07) is 1.50. The monoisotopic (exact) mass is 226 g/mol. The van der Waals surface area contributed by atoms with Crippen LogP contribution in [0.15, 0.2) is 17.1 Å². The van der Waals surface area contributed by atoms with E-state index < -0.39 is 17.4 Å². The number of aromatic nitrogens is 2. The first-order chi connectivity index (χ1) is 7.37. The van der Waals surface area contributed by atoms with Crippen LogP contribution in [0.4, 0.5) is 10.6 Å². The number of rotatable bonds is 2. The number of hydrazine groups is 1. The second kappa shape index (κ2) is 4.65. The zero-order chi connectivity index (χ0) is 12.2. The number of carbonyl (C=O) groups is 1.